The van der Waals surface area contributed by atoms with Crippen LogP contribution < -0.4 is 5.32 Å². The van der Waals surface area contributed by atoms with Crippen molar-refractivity contribution in [3.8, 4) is 33.9 Å². The number of nitrogens with one attached hydrogen (secondary N) is 3. The van der Waals surface area contributed by atoms with Gasteiger partial charge < -0.3 is 10.3 Å². The van der Waals surface area contributed by atoms with Crippen molar-refractivity contribution in [3.05, 3.63) is 79.0 Å². The molecule has 4 heterocycles. The van der Waals surface area contributed by atoms with Gasteiger partial charge in [0.2, 0.25) is 5.91 Å². The number of carbonyl (C=O) groups excluding carboxylic acids is 1. The van der Waals surface area contributed by atoms with E-state index in [4.69, 9.17) is 4.98 Å². The zero-order valence-electron chi connectivity index (χ0n) is 19.2. The number of aromatic amines is 2. The first-order valence-electron chi connectivity index (χ1n) is 11.4. The highest BCUT2D eigenvalue weighted by Crippen LogP contribution is 2.32. The Morgan fingerprint density at radius 3 is 2.75 bits per heavy atom. The summed E-state index contributed by atoms with van der Waals surface area (Å²) in [6.45, 7) is 1.80. The van der Waals surface area contributed by atoms with Gasteiger partial charge in [0, 0.05) is 35.3 Å². The monoisotopic (exact) mass is 477 g/mol. The van der Waals surface area contributed by atoms with Crippen LogP contribution >= 0.6 is 0 Å². The molecule has 6 aromatic rings. The molecular weight excluding hydrogens is 457 g/mol. The second-order valence-corrected chi connectivity index (χ2v) is 8.35. The molecule has 0 aliphatic carbocycles. The van der Waals surface area contributed by atoms with Crippen molar-refractivity contribution >= 4 is 33.5 Å². The lowest BCUT2D eigenvalue weighted by Gasteiger charge is -2.06. The van der Waals surface area contributed by atoms with Crippen LogP contribution in [0.2, 0.25) is 0 Å². The maximum Gasteiger partial charge on any atom is 0.224 e. The minimum absolute atomic E-state index is 0.0708. The van der Waals surface area contributed by atoms with E-state index in [1.807, 2.05) is 30.3 Å². The predicted octanol–water partition coefficient (Wildman–Crippen LogP) is 5.72. The van der Waals surface area contributed by atoms with Crippen LogP contribution in [0.25, 0.3) is 55.8 Å². The van der Waals surface area contributed by atoms with E-state index in [2.05, 4.69) is 30.5 Å². The molecular formula is C27H20FN7O. The normalized spacial score (nSPS) is 11.3. The Bertz CT molecular complexity index is 1750. The number of amides is 1. The number of hydrogen-bond acceptors (Lipinski definition) is 5. The largest absolute Gasteiger partial charge is 0.336 e. The van der Waals surface area contributed by atoms with Crippen molar-refractivity contribution in [3.63, 3.8) is 0 Å². The third-order valence-corrected chi connectivity index (χ3v) is 5.96. The first-order valence-corrected chi connectivity index (χ1v) is 11.4. The number of rotatable bonds is 5. The van der Waals surface area contributed by atoms with E-state index in [0.717, 1.165) is 27.5 Å². The van der Waals surface area contributed by atoms with Crippen LogP contribution in [0.15, 0.2) is 73.2 Å². The molecule has 0 spiro atoms. The van der Waals surface area contributed by atoms with Crippen LogP contribution in [0.5, 0.6) is 0 Å². The van der Waals surface area contributed by atoms with Crippen molar-refractivity contribution in [2.45, 2.75) is 13.3 Å². The van der Waals surface area contributed by atoms with Gasteiger partial charge in [-0.2, -0.15) is 5.10 Å². The summed E-state index contributed by atoms with van der Waals surface area (Å²) in [7, 11) is 0. The van der Waals surface area contributed by atoms with Crippen LogP contribution in [-0.2, 0) is 4.79 Å². The maximum atomic E-state index is 13.8. The summed E-state index contributed by atoms with van der Waals surface area (Å²) < 4.78 is 13.8. The first kappa shape index (κ1) is 21.6. The summed E-state index contributed by atoms with van der Waals surface area (Å²) in [5.41, 5.74) is 6.56. The molecule has 0 unspecified atom stereocenters. The number of aromatic nitrogens is 6. The highest BCUT2D eigenvalue weighted by molar-refractivity contribution is 5.98. The van der Waals surface area contributed by atoms with Crippen molar-refractivity contribution in [2.75, 3.05) is 5.32 Å². The quantitative estimate of drug-likeness (QED) is 0.294. The molecule has 0 aliphatic heterocycles. The molecule has 8 nitrogen and oxygen atoms in total. The SMILES string of the molecule is CCC(=O)Nc1cncc(-c2ccc3[nH]nc(-c4nc5c(-c6cccc(F)c6)nccc5[nH]4)c3c2)c1. The van der Waals surface area contributed by atoms with Crippen molar-refractivity contribution in [2.24, 2.45) is 0 Å². The summed E-state index contributed by atoms with van der Waals surface area (Å²) >= 11 is 0. The average molecular weight is 478 g/mol. The molecule has 6 rings (SSSR count). The number of halogens is 1. The highest BCUT2D eigenvalue weighted by atomic mass is 19.1. The summed E-state index contributed by atoms with van der Waals surface area (Å²) in [6.07, 6.45) is 5.43. The van der Waals surface area contributed by atoms with E-state index < -0.39 is 0 Å². The van der Waals surface area contributed by atoms with Crippen molar-refractivity contribution in [1.82, 2.24) is 30.1 Å². The number of imidazole rings is 1. The number of fused-ring (bicyclic) bond motifs is 2. The van der Waals surface area contributed by atoms with Crippen LogP contribution in [0.4, 0.5) is 10.1 Å². The predicted molar refractivity (Wildman–Crippen MR) is 137 cm³/mol. The molecule has 1 amide bonds. The minimum Gasteiger partial charge on any atom is -0.336 e. The average Bonchev–Trinajstić information content (AvgIpc) is 3.52. The Kier molecular flexibility index (Phi) is 5.22. The van der Waals surface area contributed by atoms with Gasteiger partial charge in [0.15, 0.2) is 5.82 Å². The van der Waals surface area contributed by atoms with Crippen LogP contribution in [-0.4, -0.2) is 36.0 Å². The topological polar surface area (TPSA) is 112 Å². The van der Waals surface area contributed by atoms with E-state index in [1.165, 1.54) is 12.1 Å². The molecule has 0 saturated carbocycles. The van der Waals surface area contributed by atoms with E-state index in [9.17, 15) is 9.18 Å². The van der Waals surface area contributed by atoms with Gasteiger partial charge in [0.1, 0.15) is 17.0 Å². The molecule has 0 fully saturated rings. The van der Waals surface area contributed by atoms with Gasteiger partial charge in [0.05, 0.1) is 28.6 Å². The fourth-order valence-electron chi connectivity index (χ4n) is 4.18. The molecule has 0 radical (unpaired) electrons. The van der Waals surface area contributed by atoms with Gasteiger partial charge in [-0.25, -0.2) is 9.37 Å². The van der Waals surface area contributed by atoms with Crippen molar-refractivity contribution < 1.29 is 9.18 Å². The standard InChI is InChI=1S/C27H20FN7O/c1-2-23(36)31-19-11-17(13-29-14-19)15-6-7-21-20(12-15)25(35-34-21)27-32-22-8-9-30-24(26(22)33-27)16-4-3-5-18(28)10-16/h3-14H,2H2,1H3,(H,31,36)(H,32,33)(H,34,35). The van der Waals surface area contributed by atoms with Crippen molar-refractivity contribution in [1.29, 1.82) is 0 Å². The van der Waals surface area contributed by atoms with Crippen LogP contribution in [0.3, 0.4) is 0 Å². The molecule has 0 atom stereocenters. The smallest absolute Gasteiger partial charge is 0.224 e. The van der Waals surface area contributed by atoms with Crippen LogP contribution in [0.1, 0.15) is 13.3 Å². The second-order valence-electron chi connectivity index (χ2n) is 8.35. The zero-order valence-corrected chi connectivity index (χ0v) is 19.2. The number of nitrogens with zero attached hydrogens (tertiary/aromatic N) is 4. The Labute approximate surface area is 204 Å². The highest BCUT2D eigenvalue weighted by Gasteiger charge is 2.17. The third-order valence-electron chi connectivity index (χ3n) is 5.96. The van der Waals surface area contributed by atoms with Gasteiger partial charge in [0.25, 0.3) is 0 Å². The Balaban J connectivity index is 1.43. The number of anilines is 1. The van der Waals surface area contributed by atoms with Crippen LogP contribution in [0, 0.1) is 5.82 Å². The summed E-state index contributed by atoms with van der Waals surface area (Å²) in [5, 5.41) is 11.3. The third kappa shape index (κ3) is 3.86. The lowest BCUT2D eigenvalue weighted by atomic mass is 10.0. The fraction of sp³-hybridized carbons (Fsp3) is 0.0741. The van der Waals surface area contributed by atoms with E-state index in [1.54, 1.807) is 37.6 Å². The molecule has 176 valence electrons. The van der Waals surface area contributed by atoms with E-state index >= 15 is 0 Å². The lowest BCUT2D eigenvalue weighted by molar-refractivity contribution is -0.115. The molecule has 3 N–H and O–H groups in total. The maximum absolute atomic E-state index is 13.8. The lowest BCUT2D eigenvalue weighted by Crippen LogP contribution is -2.09. The number of H-pyrrole nitrogens is 2. The molecule has 9 heteroatoms. The number of hydrogen-bond donors (Lipinski definition) is 3. The Morgan fingerprint density at radius 1 is 0.972 bits per heavy atom. The fourth-order valence-corrected chi connectivity index (χ4v) is 4.18. The van der Waals surface area contributed by atoms with Gasteiger partial charge >= 0.3 is 0 Å². The number of pyridine rings is 2. The molecule has 0 bridgehead atoms. The van der Waals surface area contributed by atoms with Gasteiger partial charge in [-0.15, -0.1) is 0 Å². The number of benzene rings is 2. The summed E-state index contributed by atoms with van der Waals surface area (Å²) in [4.78, 5) is 28.6. The van der Waals surface area contributed by atoms with Gasteiger partial charge in [-0.3, -0.25) is 19.9 Å². The summed E-state index contributed by atoms with van der Waals surface area (Å²) in [5.74, 6) is 0.167. The molecule has 0 saturated heterocycles. The molecule has 2 aromatic carbocycles. The Hall–Kier alpha value is -4.92. The molecule has 0 aliphatic rings. The van der Waals surface area contributed by atoms with Gasteiger partial charge in [-0.05, 0) is 42.0 Å². The van der Waals surface area contributed by atoms with E-state index in [-0.39, 0.29) is 11.7 Å². The molecule has 4 aromatic heterocycles. The second kappa shape index (κ2) is 8.70. The van der Waals surface area contributed by atoms with E-state index in [0.29, 0.717) is 40.4 Å². The first-order chi connectivity index (χ1) is 17.6. The minimum atomic E-state index is -0.333. The Morgan fingerprint density at radius 2 is 1.89 bits per heavy atom. The van der Waals surface area contributed by atoms with Gasteiger partial charge in [-0.1, -0.05) is 25.1 Å². The summed E-state index contributed by atoms with van der Waals surface area (Å²) in [6, 6.07) is 15.9. The zero-order chi connectivity index (χ0) is 24.6. The molecule has 36 heavy (non-hydrogen) atoms. The number of carbonyl (C=O) groups is 1.